The van der Waals surface area contributed by atoms with Gasteiger partial charge in [-0.05, 0) is 47.5 Å². The minimum Gasteiger partial charge on any atom is -0.503 e. The number of para-hydroxylation sites is 1. The Morgan fingerprint density at radius 3 is 2.56 bits per heavy atom. The van der Waals surface area contributed by atoms with Crippen molar-refractivity contribution in [1.29, 1.82) is 0 Å². The molecule has 0 saturated heterocycles. The highest BCUT2D eigenvalue weighted by molar-refractivity contribution is 8.00. The molecule has 8 nitrogen and oxygen atoms in total. The van der Waals surface area contributed by atoms with Crippen molar-refractivity contribution in [3.8, 4) is 0 Å². The molecule has 6 aromatic rings. The van der Waals surface area contributed by atoms with Gasteiger partial charge in [0.05, 0.1) is 5.57 Å². The molecule has 0 saturated carbocycles. The van der Waals surface area contributed by atoms with Crippen molar-refractivity contribution in [2.45, 2.75) is 23.1 Å². The van der Waals surface area contributed by atoms with Gasteiger partial charge in [-0.2, -0.15) is 0 Å². The first-order valence-electron chi connectivity index (χ1n) is 12.8. The van der Waals surface area contributed by atoms with Gasteiger partial charge in [0.15, 0.2) is 15.9 Å². The molecule has 0 spiro atoms. The molecule has 1 amide bonds. The number of rotatable bonds is 7. The number of furan rings is 2. The summed E-state index contributed by atoms with van der Waals surface area (Å²) < 4.78 is 12.3. The summed E-state index contributed by atoms with van der Waals surface area (Å²) in [5, 5.41) is 22.9. The third-order valence-corrected chi connectivity index (χ3v) is 9.07. The van der Waals surface area contributed by atoms with Crippen LogP contribution in [0.15, 0.2) is 109 Å². The summed E-state index contributed by atoms with van der Waals surface area (Å²) in [5.41, 5.74) is 1.55. The normalized spacial score (nSPS) is 15.5. The maximum Gasteiger partial charge on any atom is 0.296 e. The minimum absolute atomic E-state index is 0.0132. The first-order valence-corrected chi connectivity index (χ1v) is 14.6. The van der Waals surface area contributed by atoms with Gasteiger partial charge in [0.25, 0.3) is 5.91 Å². The van der Waals surface area contributed by atoms with E-state index >= 15 is 0 Å². The van der Waals surface area contributed by atoms with Crippen LogP contribution in [-0.4, -0.2) is 27.0 Å². The first-order chi connectivity index (χ1) is 20.0. The molecule has 1 unspecified atom stereocenters. The lowest BCUT2D eigenvalue weighted by Crippen LogP contribution is -2.30. The Labute approximate surface area is 241 Å². The number of hydrogen-bond donors (Lipinski definition) is 1. The Balaban J connectivity index is 1.22. The number of hydrogen-bond acceptors (Lipinski definition) is 9. The number of nitrogens with zero attached hydrogens (tertiary/aromatic N) is 3. The topological polar surface area (TPSA) is 110 Å². The summed E-state index contributed by atoms with van der Waals surface area (Å²) in [6.07, 6.45) is 0. The average Bonchev–Trinajstić information content (AvgIpc) is 3.78. The maximum atomic E-state index is 13.7. The number of thioether (sulfide) groups is 1. The van der Waals surface area contributed by atoms with Crippen LogP contribution in [0.3, 0.4) is 0 Å². The van der Waals surface area contributed by atoms with Crippen LogP contribution in [-0.2, 0) is 10.5 Å². The van der Waals surface area contributed by atoms with E-state index in [1.165, 1.54) is 28.0 Å². The molecule has 3 aromatic carbocycles. The maximum absolute atomic E-state index is 13.7. The van der Waals surface area contributed by atoms with Crippen LogP contribution in [0.4, 0.5) is 5.13 Å². The van der Waals surface area contributed by atoms with Crippen molar-refractivity contribution in [2.75, 3.05) is 4.90 Å². The molecule has 0 fully saturated rings. The predicted molar refractivity (Wildman–Crippen MR) is 157 cm³/mol. The molecular formula is C31H21N3O5S2. The van der Waals surface area contributed by atoms with Crippen LogP contribution >= 0.6 is 23.1 Å². The lowest BCUT2D eigenvalue weighted by molar-refractivity contribution is -0.117. The first kappa shape index (κ1) is 25.3. The average molecular weight is 580 g/mol. The quantitative estimate of drug-likeness (QED) is 0.118. The van der Waals surface area contributed by atoms with Crippen molar-refractivity contribution in [3.05, 3.63) is 119 Å². The molecule has 202 valence electrons. The second-order valence-electron chi connectivity index (χ2n) is 9.54. The van der Waals surface area contributed by atoms with Crippen LogP contribution in [0.5, 0.6) is 0 Å². The molecule has 7 rings (SSSR count). The highest BCUT2D eigenvalue weighted by Gasteiger charge is 2.48. The Kier molecular flexibility index (Phi) is 6.21. The molecule has 10 heteroatoms. The molecule has 1 atom stereocenters. The number of anilines is 1. The van der Waals surface area contributed by atoms with Gasteiger partial charge in [-0.1, -0.05) is 83.8 Å². The number of carbonyl (C=O) groups is 2. The number of aromatic nitrogens is 2. The van der Waals surface area contributed by atoms with Gasteiger partial charge in [-0.15, -0.1) is 10.2 Å². The van der Waals surface area contributed by atoms with Crippen molar-refractivity contribution < 1.29 is 23.5 Å². The predicted octanol–water partition coefficient (Wildman–Crippen LogP) is 7.41. The molecule has 1 aliphatic heterocycles. The number of aryl methyl sites for hydroxylation is 1. The zero-order valence-corrected chi connectivity index (χ0v) is 23.2. The van der Waals surface area contributed by atoms with Crippen molar-refractivity contribution in [1.82, 2.24) is 10.2 Å². The molecule has 1 aliphatic rings. The van der Waals surface area contributed by atoms with Gasteiger partial charge in [0.2, 0.25) is 10.9 Å². The van der Waals surface area contributed by atoms with Gasteiger partial charge < -0.3 is 13.9 Å². The van der Waals surface area contributed by atoms with Crippen LogP contribution in [0.25, 0.3) is 21.7 Å². The number of fused-ring (bicyclic) bond motifs is 2. The van der Waals surface area contributed by atoms with Gasteiger partial charge in [0, 0.05) is 11.1 Å². The monoisotopic (exact) mass is 579 g/mol. The van der Waals surface area contributed by atoms with E-state index in [-0.39, 0.29) is 16.5 Å². The highest BCUT2D eigenvalue weighted by Crippen LogP contribution is 2.44. The number of carbonyl (C=O) groups excluding carboxylic acids is 2. The van der Waals surface area contributed by atoms with Gasteiger partial charge >= 0.3 is 0 Å². The van der Waals surface area contributed by atoms with Crippen molar-refractivity contribution in [2.24, 2.45) is 0 Å². The SMILES string of the molecule is Cc1ccc(C2C(C(=O)c3cc4ccccc4o3)=C(O)C(=O)N2c2nnc(SCc3cccc4ccccc34)s2)o1. The number of aliphatic hydroxyl groups excluding tert-OH is 1. The van der Waals surface area contributed by atoms with E-state index in [4.69, 9.17) is 8.83 Å². The van der Waals surface area contributed by atoms with E-state index in [1.807, 2.05) is 30.3 Å². The molecule has 0 radical (unpaired) electrons. The van der Waals surface area contributed by atoms with Gasteiger partial charge in [-0.3, -0.25) is 14.5 Å². The fourth-order valence-electron chi connectivity index (χ4n) is 5.05. The van der Waals surface area contributed by atoms with Crippen LogP contribution in [0.1, 0.15) is 33.7 Å². The summed E-state index contributed by atoms with van der Waals surface area (Å²) in [6, 6.07) is 25.6. The zero-order chi connectivity index (χ0) is 28.1. The summed E-state index contributed by atoms with van der Waals surface area (Å²) in [6.45, 7) is 1.77. The molecule has 0 aliphatic carbocycles. The molecule has 4 heterocycles. The largest absolute Gasteiger partial charge is 0.503 e. The fraction of sp³-hybridized carbons (Fsp3) is 0.0968. The van der Waals surface area contributed by atoms with Gasteiger partial charge in [0.1, 0.15) is 23.1 Å². The molecular weight excluding hydrogens is 558 g/mol. The lowest BCUT2D eigenvalue weighted by Gasteiger charge is -2.21. The molecule has 1 N–H and O–H groups in total. The van der Waals surface area contributed by atoms with E-state index in [0.717, 1.165) is 21.7 Å². The van der Waals surface area contributed by atoms with E-state index in [2.05, 4.69) is 34.5 Å². The zero-order valence-electron chi connectivity index (χ0n) is 21.6. The van der Waals surface area contributed by atoms with Gasteiger partial charge in [-0.25, -0.2) is 0 Å². The number of ketones is 1. The Morgan fingerprint density at radius 1 is 0.976 bits per heavy atom. The highest BCUT2D eigenvalue weighted by atomic mass is 32.2. The Bertz CT molecular complexity index is 1960. The summed E-state index contributed by atoms with van der Waals surface area (Å²) in [7, 11) is 0. The van der Waals surface area contributed by atoms with Crippen LogP contribution in [0.2, 0.25) is 0 Å². The van der Waals surface area contributed by atoms with Crippen LogP contribution < -0.4 is 4.90 Å². The standard InChI is InChI=1S/C31H21N3O5S2/c1-17-13-14-23(38-17)26-25(27(35)24-15-19-8-3-5-12-22(19)39-24)28(36)29(37)34(26)30-32-33-31(41-30)40-16-20-10-6-9-18-7-2-4-11-21(18)20/h2-15,26,36H,16H2,1H3. The number of amides is 1. The molecule has 0 bridgehead atoms. The third-order valence-electron chi connectivity index (χ3n) is 6.97. The minimum atomic E-state index is -1.04. The second kappa shape index (κ2) is 10.1. The van der Waals surface area contributed by atoms with E-state index < -0.39 is 23.5 Å². The summed E-state index contributed by atoms with van der Waals surface area (Å²) in [5.74, 6) is -0.454. The Hall–Kier alpha value is -4.67. The van der Waals surface area contributed by atoms with E-state index in [1.54, 1.807) is 37.3 Å². The second-order valence-corrected chi connectivity index (χ2v) is 11.7. The summed E-state index contributed by atoms with van der Waals surface area (Å²) in [4.78, 5) is 28.5. The molecule has 3 aromatic heterocycles. The number of benzene rings is 3. The van der Waals surface area contributed by atoms with Crippen molar-refractivity contribution in [3.63, 3.8) is 0 Å². The Morgan fingerprint density at radius 2 is 1.76 bits per heavy atom. The smallest absolute Gasteiger partial charge is 0.296 e. The number of Topliss-reactive ketones (excluding diaryl/α,β-unsaturated/α-hetero) is 1. The number of aliphatic hydroxyl groups is 1. The van der Waals surface area contributed by atoms with Crippen molar-refractivity contribution >= 4 is 61.7 Å². The summed E-state index contributed by atoms with van der Waals surface area (Å²) >= 11 is 2.71. The third kappa shape index (κ3) is 4.41. The van der Waals surface area contributed by atoms with E-state index in [0.29, 0.717) is 27.2 Å². The van der Waals surface area contributed by atoms with E-state index in [9.17, 15) is 14.7 Å². The molecule has 41 heavy (non-hydrogen) atoms. The van der Waals surface area contributed by atoms with Crippen LogP contribution in [0, 0.1) is 6.92 Å². The fourth-order valence-corrected chi connectivity index (χ4v) is 6.92. The lowest BCUT2D eigenvalue weighted by atomic mass is 10.00.